The summed E-state index contributed by atoms with van der Waals surface area (Å²) in [7, 11) is -2.78. The molecule has 1 aliphatic heterocycles. The van der Waals surface area contributed by atoms with Gasteiger partial charge in [0.05, 0.1) is 22.9 Å². The number of sulfone groups is 1. The molecule has 0 bridgehead atoms. The van der Waals surface area contributed by atoms with E-state index < -0.39 is 9.84 Å². The molecule has 4 nitrogen and oxygen atoms in total. The molecular formula is C11H16N2O2S. The van der Waals surface area contributed by atoms with Gasteiger partial charge in [-0.15, -0.1) is 0 Å². The first kappa shape index (κ1) is 11.3. The molecule has 2 rings (SSSR count). The first-order chi connectivity index (χ1) is 7.57. The number of para-hydroxylation sites is 2. The molecule has 1 aliphatic rings. The highest BCUT2D eigenvalue weighted by atomic mass is 32.2. The number of anilines is 2. The summed E-state index contributed by atoms with van der Waals surface area (Å²) in [4.78, 5) is 0. The first-order valence-corrected chi connectivity index (χ1v) is 7.18. The van der Waals surface area contributed by atoms with Crippen molar-refractivity contribution in [2.24, 2.45) is 5.92 Å². The lowest BCUT2D eigenvalue weighted by Crippen LogP contribution is -2.16. The fourth-order valence-electron chi connectivity index (χ4n) is 1.95. The minimum absolute atomic E-state index is 0.213. The highest BCUT2D eigenvalue weighted by Crippen LogP contribution is 2.21. The van der Waals surface area contributed by atoms with Crippen molar-refractivity contribution in [3.63, 3.8) is 0 Å². The Hall–Kier alpha value is -1.23. The Morgan fingerprint density at radius 2 is 2.12 bits per heavy atom. The molecule has 1 fully saturated rings. The molecule has 1 unspecified atom stereocenters. The Morgan fingerprint density at radius 3 is 2.75 bits per heavy atom. The maximum atomic E-state index is 11.3. The first-order valence-electron chi connectivity index (χ1n) is 5.36. The number of benzene rings is 1. The van der Waals surface area contributed by atoms with Crippen molar-refractivity contribution in [3.05, 3.63) is 24.3 Å². The number of hydrogen-bond donors (Lipinski definition) is 2. The smallest absolute Gasteiger partial charge is 0.150 e. The van der Waals surface area contributed by atoms with Crippen molar-refractivity contribution in [2.75, 3.05) is 29.1 Å². The lowest BCUT2D eigenvalue weighted by molar-refractivity contribution is 0.596. The number of nitrogen functional groups attached to an aromatic ring is 1. The zero-order valence-corrected chi connectivity index (χ0v) is 9.83. The van der Waals surface area contributed by atoms with Crippen molar-refractivity contribution in [1.29, 1.82) is 0 Å². The molecule has 1 aromatic carbocycles. The summed E-state index contributed by atoms with van der Waals surface area (Å²) < 4.78 is 22.5. The molecule has 0 radical (unpaired) electrons. The molecule has 0 amide bonds. The molecular weight excluding hydrogens is 224 g/mol. The van der Waals surface area contributed by atoms with E-state index in [9.17, 15) is 8.42 Å². The lowest BCUT2D eigenvalue weighted by Gasteiger charge is -2.12. The van der Waals surface area contributed by atoms with Gasteiger partial charge in [-0.3, -0.25) is 0 Å². The van der Waals surface area contributed by atoms with Crippen molar-refractivity contribution in [3.8, 4) is 0 Å². The van der Waals surface area contributed by atoms with Crippen LogP contribution in [0.15, 0.2) is 24.3 Å². The van der Waals surface area contributed by atoms with E-state index in [2.05, 4.69) is 5.32 Å². The third-order valence-electron chi connectivity index (χ3n) is 2.87. The van der Waals surface area contributed by atoms with Crippen LogP contribution in [0.4, 0.5) is 11.4 Å². The standard InChI is InChI=1S/C11H16N2O2S/c12-10-3-1-2-4-11(10)13-7-9-5-6-16(14,15)8-9/h1-4,9,13H,5-8,12H2. The Bertz CT molecular complexity index is 471. The third-order valence-corrected chi connectivity index (χ3v) is 4.71. The van der Waals surface area contributed by atoms with Gasteiger partial charge in [-0.05, 0) is 24.5 Å². The quantitative estimate of drug-likeness (QED) is 0.776. The SMILES string of the molecule is Nc1ccccc1NCC1CCS(=O)(=O)C1. The van der Waals surface area contributed by atoms with E-state index in [4.69, 9.17) is 5.73 Å². The van der Waals surface area contributed by atoms with Crippen molar-refractivity contribution in [2.45, 2.75) is 6.42 Å². The summed E-state index contributed by atoms with van der Waals surface area (Å²) >= 11 is 0. The van der Waals surface area contributed by atoms with Crippen molar-refractivity contribution >= 4 is 21.2 Å². The maximum Gasteiger partial charge on any atom is 0.150 e. The van der Waals surface area contributed by atoms with Crippen LogP contribution in [-0.2, 0) is 9.84 Å². The van der Waals surface area contributed by atoms with Crippen LogP contribution in [0.2, 0.25) is 0 Å². The minimum Gasteiger partial charge on any atom is -0.397 e. The highest BCUT2D eigenvalue weighted by Gasteiger charge is 2.27. The number of rotatable bonds is 3. The second-order valence-corrected chi connectivity index (χ2v) is 6.47. The molecule has 16 heavy (non-hydrogen) atoms. The molecule has 0 aliphatic carbocycles. The predicted octanol–water partition coefficient (Wildman–Crippen LogP) is 1.12. The summed E-state index contributed by atoms with van der Waals surface area (Å²) in [5.74, 6) is 0.834. The average molecular weight is 240 g/mol. The fraction of sp³-hybridized carbons (Fsp3) is 0.455. The van der Waals surface area contributed by atoms with Gasteiger partial charge in [0.25, 0.3) is 0 Å². The largest absolute Gasteiger partial charge is 0.397 e. The summed E-state index contributed by atoms with van der Waals surface area (Å²) in [5.41, 5.74) is 7.36. The Kier molecular flexibility index (Phi) is 3.05. The molecule has 1 atom stereocenters. The third kappa shape index (κ3) is 2.66. The molecule has 0 spiro atoms. The highest BCUT2D eigenvalue weighted by molar-refractivity contribution is 7.91. The Labute approximate surface area is 95.8 Å². The molecule has 88 valence electrons. The van der Waals surface area contributed by atoms with Crippen molar-refractivity contribution in [1.82, 2.24) is 0 Å². The lowest BCUT2D eigenvalue weighted by atomic mass is 10.1. The molecule has 0 aromatic heterocycles. The summed E-state index contributed by atoms with van der Waals surface area (Å²) in [6, 6.07) is 7.51. The van der Waals surface area contributed by atoms with Gasteiger partial charge in [0, 0.05) is 6.54 Å². The van der Waals surface area contributed by atoms with Gasteiger partial charge in [-0.2, -0.15) is 0 Å². The second kappa shape index (κ2) is 4.33. The van der Waals surface area contributed by atoms with Gasteiger partial charge >= 0.3 is 0 Å². The van der Waals surface area contributed by atoms with Gasteiger partial charge < -0.3 is 11.1 Å². The van der Waals surface area contributed by atoms with E-state index in [-0.39, 0.29) is 5.92 Å². The second-order valence-electron chi connectivity index (χ2n) is 4.24. The molecule has 3 N–H and O–H groups in total. The van der Waals surface area contributed by atoms with Crippen LogP contribution in [0, 0.1) is 5.92 Å². The molecule has 1 saturated heterocycles. The molecule has 0 saturated carbocycles. The average Bonchev–Trinajstić information content (AvgIpc) is 2.57. The van der Waals surface area contributed by atoms with E-state index in [1.165, 1.54) is 0 Å². The monoisotopic (exact) mass is 240 g/mol. The van der Waals surface area contributed by atoms with Gasteiger partial charge in [0.15, 0.2) is 9.84 Å². The van der Waals surface area contributed by atoms with Crippen LogP contribution in [0.1, 0.15) is 6.42 Å². The van der Waals surface area contributed by atoms with Gasteiger partial charge in [0.2, 0.25) is 0 Å². The normalized spacial score (nSPS) is 23.1. The van der Waals surface area contributed by atoms with Gasteiger partial charge in [-0.25, -0.2) is 8.42 Å². The Morgan fingerprint density at radius 1 is 1.38 bits per heavy atom. The number of hydrogen-bond acceptors (Lipinski definition) is 4. The van der Waals surface area contributed by atoms with Gasteiger partial charge in [-0.1, -0.05) is 12.1 Å². The van der Waals surface area contributed by atoms with Crippen LogP contribution in [0.25, 0.3) is 0 Å². The molecule has 1 heterocycles. The van der Waals surface area contributed by atoms with Crippen LogP contribution in [0.5, 0.6) is 0 Å². The van der Waals surface area contributed by atoms with Crippen LogP contribution < -0.4 is 11.1 Å². The van der Waals surface area contributed by atoms with Crippen molar-refractivity contribution < 1.29 is 8.42 Å². The topological polar surface area (TPSA) is 72.2 Å². The van der Waals surface area contributed by atoms with Crippen LogP contribution in [0.3, 0.4) is 0 Å². The van der Waals surface area contributed by atoms with E-state index in [0.29, 0.717) is 23.7 Å². The fourth-order valence-corrected chi connectivity index (χ4v) is 3.81. The predicted molar refractivity (Wildman–Crippen MR) is 66.1 cm³/mol. The zero-order chi connectivity index (χ0) is 11.6. The minimum atomic E-state index is -2.78. The summed E-state index contributed by atoms with van der Waals surface area (Å²) in [5, 5.41) is 3.20. The van der Waals surface area contributed by atoms with E-state index in [1.54, 1.807) is 0 Å². The Balaban J connectivity index is 1.92. The van der Waals surface area contributed by atoms with E-state index in [0.717, 1.165) is 12.1 Å². The van der Waals surface area contributed by atoms with Crippen LogP contribution in [-0.4, -0.2) is 26.5 Å². The van der Waals surface area contributed by atoms with Crippen LogP contribution >= 0.6 is 0 Å². The summed E-state index contributed by atoms with van der Waals surface area (Å²) in [6.45, 7) is 0.674. The molecule has 5 heteroatoms. The van der Waals surface area contributed by atoms with Gasteiger partial charge in [0.1, 0.15) is 0 Å². The molecule has 1 aromatic rings. The maximum absolute atomic E-state index is 11.3. The zero-order valence-electron chi connectivity index (χ0n) is 9.02. The number of nitrogens with one attached hydrogen (secondary N) is 1. The van der Waals surface area contributed by atoms with E-state index in [1.807, 2.05) is 24.3 Å². The number of nitrogens with two attached hydrogens (primary N) is 1. The summed E-state index contributed by atoms with van der Waals surface area (Å²) in [6.07, 6.45) is 0.752. The van der Waals surface area contributed by atoms with E-state index >= 15 is 0 Å².